The fourth-order valence-corrected chi connectivity index (χ4v) is 1.53. The quantitative estimate of drug-likeness (QED) is 0.500. The number of thiophene rings is 1. The molecule has 1 rings (SSSR count). The van der Waals surface area contributed by atoms with Crippen LogP contribution >= 0.6 is 11.3 Å². The van der Waals surface area contributed by atoms with Gasteiger partial charge in [-0.15, -0.1) is 11.3 Å². The van der Waals surface area contributed by atoms with Gasteiger partial charge >= 0.3 is 0 Å². The highest BCUT2D eigenvalue weighted by Crippen LogP contribution is 2.18. The maximum absolute atomic E-state index is 3.86. The Morgan fingerprint density at radius 3 is 2.25 bits per heavy atom. The molecule has 1 heterocycles. The van der Waals surface area contributed by atoms with Crippen molar-refractivity contribution in [2.24, 2.45) is 0 Å². The van der Waals surface area contributed by atoms with E-state index in [9.17, 15) is 0 Å². The largest absolute Gasteiger partial charge is 0.145 e. The molecule has 0 nitrogen and oxygen atoms in total. The van der Waals surface area contributed by atoms with Crippen molar-refractivity contribution in [3.63, 3.8) is 0 Å². The highest BCUT2D eigenvalue weighted by Gasteiger charge is 1.93. The summed E-state index contributed by atoms with van der Waals surface area (Å²) < 4.78 is 0. The van der Waals surface area contributed by atoms with Crippen LogP contribution in [0.5, 0.6) is 0 Å². The fraction of sp³-hybridized carbons (Fsp3) is 0.286. The molecule has 1 heteroatoms. The SMILES string of the molecule is [CH2]c1sc(C)cc1C. The molecule has 0 saturated carbocycles. The van der Waals surface area contributed by atoms with Gasteiger partial charge in [-0.25, -0.2) is 0 Å². The first kappa shape index (κ1) is 5.83. The van der Waals surface area contributed by atoms with Crippen LogP contribution in [-0.4, -0.2) is 0 Å². The van der Waals surface area contributed by atoms with Crippen molar-refractivity contribution in [1.82, 2.24) is 0 Å². The highest BCUT2D eigenvalue weighted by atomic mass is 32.1. The second-order valence-corrected chi connectivity index (χ2v) is 3.30. The standard InChI is InChI=1S/C7H9S/c1-5-4-6(2)8-7(5)3/h4H,3H2,1-2H3. The van der Waals surface area contributed by atoms with Crippen LogP contribution in [0.15, 0.2) is 6.07 Å². The maximum Gasteiger partial charge on any atom is 0.00808 e. The van der Waals surface area contributed by atoms with Crippen molar-refractivity contribution in [3.8, 4) is 0 Å². The van der Waals surface area contributed by atoms with Crippen LogP contribution in [-0.2, 0) is 0 Å². The Kier molecular flexibility index (Phi) is 1.39. The number of hydrogen-bond acceptors (Lipinski definition) is 1. The summed E-state index contributed by atoms with van der Waals surface area (Å²) in [6, 6.07) is 2.16. The maximum atomic E-state index is 3.86. The molecule has 0 unspecified atom stereocenters. The second kappa shape index (κ2) is 1.90. The molecule has 1 aromatic heterocycles. The van der Waals surface area contributed by atoms with Gasteiger partial charge in [-0.2, -0.15) is 0 Å². The van der Waals surface area contributed by atoms with Crippen LogP contribution in [0.25, 0.3) is 0 Å². The zero-order valence-electron chi connectivity index (χ0n) is 5.19. The van der Waals surface area contributed by atoms with Gasteiger partial charge < -0.3 is 0 Å². The summed E-state index contributed by atoms with van der Waals surface area (Å²) in [6.07, 6.45) is 0. The molecule has 0 aromatic carbocycles. The van der Waals surface area contributed by atoms with Gasteiger partial charge in [0, 0.05) is 9.75 Å². The van der Waals surface area contributed by atoms with E-state index in [2.05, 4.69) is 26.8 Å². The third-order valence-corrected chi connectivity index (χ3v) is 2.15. The predicted octanol–water partition coefficient (Wildman–Crippen LogP) is 2.55. The van der Waals surface area contributed by atoms with E-state index in [0.717, 1.165) is 0 Å². The highest BCUT2D eigenvalue weighted by molar-refractivity contribution is 7.12. The molecule has 0 aliphatic carbocycles. The van der Waals surface area contributed by atoms with Gasteiger partial charge in [0.25, 0.3) is 0 Å². The third kappa shape index (κ3) is 0.920. The first-order valence-electron chi connectivity index (χ1n) is 2.59. The molecule has 0 fully saturated rings. The normalized spacial score (nSPS) is 9.88. The first-order chi connectivity index (χ1) is 3.70. The zero-order valence-corrected chi connectivity index (χ0v) is 6.01. The molecule has 0 aliphatic heterocycles. The third-order valence-electron chi connectivity index (χ3n) is 1.14. The van der Waals surface area contributed by atoms with E-state index in [1.807, 2.05) is 0 Å². The van der Waals surface area contributed by atoms with E-state index in [4.69, 9.17) is 0 Å². The molecule has 0 amide bonds. The van der Waals surface area contributed by atoms with Crippen molar-refractivity contribution in [2.75, 3.05) is 0 Å². The molecular weight excluding hydrogens is 116 g/mol. The van der Waals surface area contributed by atoms with E-state index in [1.165, 1.54) is 15.3 Å². The Balaban J connectivity index is 3.14. The molecule has 0 spiro atoms. The summed E-state index contributed by atoms with van der Waals surface area (Å²) in [7, 11) is 0. The first-order valence-corrected chi connectivity index (χ1v) is 3.41. The molecule has 8 heavy (non-hydrogen) atoms. The van der Waals surface area contributed by atoms with Crippen LogP contribution in [0.1, 0.15) is 15.3 Å². The molecule has 0 bridgehead atoms. The molecule has 43 valence electrons. The van der Waals surface area contributed by atoms with Crippen LogP contribution in [0, 0.1) is 20.8 Å². The van der Waals surface area contributed by atoms with Gasteiger partial charge in [0.15, 0.2) is 0 Å². The van der Waals surface area contributed by atoms with E-state index in [-0.39, 0.29) is 0 Å². The summed E-state index contributed by atoms with van der Waals surface area (Å²) in [5.41, 5.74) is 1.31. The lowest BCUT2D eigenvalue weighted by Crippen LogP contribution is -1.62. The Morgan fingerprint density at radius 1 is 1.50 bits per heavy atom. The van der Waals surface area contributed by atoms with Crippen LogP contribution < -0.4 is 0 Å². The minimum Gasteiger partial charge on any atom is -0.145 e. The molecule has 0 saturated heterocycles. The molecule has 0 atom stereocenters. The molecular formula is C7H9S. The number of aryl methyl sites for hydroxylation is 2. The lowest BCUT2D eigenvalue weighted by atomic mass is 10.3. The lowest BCUT2D eigenvalue weighted by Gasteiger charge is -1.79. The van der Waals surface area contributed by atoms with Crippen LogP contribution in [0.4, 0.5) is 0 Å². The molecule has 1 radical (unpaired) electrons. The minimum absolute atomic E-state index is 1.20. The van der Waals surface area contributed by atoms with Gasteiger partial charge in [-0.3, -0.25) is 0 Å². The molecule has 0 N–H and O–H groups in total. The van der Waals surface area contributed by atoms with Crippen molar-refractivity contribution in [3.05, 3.63) is 28.3 Å². The van der Waals surface area contributed by atoms with Crippen LogP contribution in [0.3, 0.4) is 0 Å². The van der Waals surface area contributed by atoms with Crippen LogP contribution in [0.2, 0.25) is 0 Å². The summed E-state index contributed by atoms with van der Waals surface area (Å²) >= 11 is 1.76. The van der Waals surface area contributed by atoms with Crippen molar-refractivity contribution >= 4 is 11.3 Å². The summed E-state index contributed by atoms with van der Waals surface area (Å²) in [5.74, 6) is 0. The van der Waals surface area contributed by atoms with Gasteiger partial charge in [-0.05, 0) is 32.4 Å². The Morgan fingerprint density at radius 2 is 2.12 bits per heavy atom. The monoisotopic (exact) mass is 125 g/mol. The van der Waals surface area contributed by atoms with E-state index < -0.39 is 0 Å². The Labute approximate surface area is 54.2 Å². The second-order valence-electron chi connectivity index (χ2n) is 1.96. The average Bonchev–Trinajstić information content (AvgIpc) is 1.85. The van der Waals surface area contributed by atoms with Crippen molar-refractivity contribution in [1.29, 1.82) is 0 Å². The Bertz CT molecular complexity index is 167. The minimum atomic E-state index is 1.20. The van der Waals surface area contributed by atoms with Crippen molar-refractivity contribution < 1.29 is 0 Å². The number of rotatable bonds is 0. The lowest BCUT2D eigenvalue weighted by molar-refractivity contribution is 1.48. The van der Waals surface area contributed by atoms with E-state index in [1.54, 1.807) is 11.3 Å². The van der Waals surface area contributed by atoms with E-state index >= 15 is 0 Å². The molecule has 1 aromatic rings. The Hall–Kier alpha value is -0.300. The average molecular weight is 125 g/mol. The zero-order chi connectivity index (χ0) is 6.15. The van der Waals surface area contributed by atoms with Crippen molar-refractivity contribution in [2.45, 2.75) is 13.8 Å². The predicted molar refractivity (Wildman–Crippen MR) is 38.3 cm³/mol. The summed E-state index contributed by atoms with van der Waals surface area (Å²) in [5, 5.41) is 0. The summed E-state index contributed by atoms with van der Waals surface area (Å²) in [4.78, 5) is 2.55. The molecule has 0 aliphatic rings. The van der Waals surface area contributed by atoms with Gasteiger partial charge in [0.05, 0.1) is 0 Å². The van der Waals surface area contributed by atoms with Gasteiger partial charge in [-0.1, -0.05) is 0 Å². The van der Waals surface area contributed by atoms with Gasteiger partial charge in [0.2, 0.25) is 0 Å². The van der Waals surface area contributed by atoms with E-state index in [0.29, 0.717) is 0 Å². The summed E-state index contributed by atoms with van der Waals surface area (Å²) in [6.45, 7) is 8.05. The topological polar surface area (TPSA) is 0 Å². The number of hydrogen-bond donors (Lipinski definition) is 0. The van der Waals surface area contributed by atoms with Gasteiger partial charge in [0.1, 0.15) is 0 Å². The fourth-order valence-electron chi connectivity index (χ4n) is 0.690. The smallest absolute Gasteiger partial charge is 0.00808 e.